The Labute approximate surface area is 125 Å². The summed E-state index contributed by atoms with van der Waals surface area (Å²) >= 11 is 0. The zero-order chi connectivity index (χ0) is 14.7. The highest BCUT2D eigenvalue weighted by molar-refractivity contribution is 5.57. The standard InChI is InChI=1S/C16H23N5/c1-3-11-21-14(9-10-18-21)16-19-13-8-6-5-7-12(13)15(20-16)17-4-2/h9-10H,3-8,11H2,1-2H3,(H,17,19,20). The Balaban J connectivity index is 2.06. The number of anilines is 1. The van der Waals surface area contributed by atoms with Gasteiger partial charge in [0.2, 0.25) is 0 Å². The highest BCUT2D eigenvalue weighted by Crippen LogP contribution is 2.28. The summed E-state index contributed by atoms with van der Waals surface area (Å²) in [5, 5.41) is 7.79. The summed E-state index contributed by atoms with van der Waals surface area (Å²) in [6.45, 7) is 6.05. The van der Waals surface area contributed by atoms with Crippen molar-refractivity contribution in [3.05, 3.63) is 23.5 Å². The fourth-order valence-electron chi connectivity index (χ4n) is 2.93. The van der Waals surface area contributed by atoms with Crippen LogP contribution in [0.4, 0.5) is 5.82 Å². The van der Waals surface area contributed by atoms with Gasteiger partial charge in [0.1, 0.15) is 11.5 Å². The maximum absolute atomic E-state index is 4.83. The predicted molar refractivity (Wildman–Crippen MR) is 84.3 cm³/mol. The highest BCUT2D eigenvalue weighted by Gasteiger charge is 2.19. The van der Waals surface area contributed by atoms with Crippen LogP contribution >= 0.6 is 0 Å². The molecular formula is C16H23N5. The maximum Gasteiger partial charge on any atom is 0.180 e. The largest absolute Gasteiger partial charge is 0.370 e. The lowest BCUT2D eigenvalue weighted by Gasteiger charge is -2.19. The quantitative estimate of drug-likeness (QED) is 0.917. The van der Waals surface area contributed by atoms with E-state index in [0.717, 1.165) is 49.7 Å². The first-order chi connectivity index (χ1) is 10.3. The summed E-state index contributed by atoms with van der Waals surface area (Å²) in [6.07, 6.45) is 7.50. The van der Waals surface area contributed by atoms with E-state index < -0.39 is 0 Å². The molecule has 0 aliphatic heterocycles. The molecule has 21 heavy (non-hydrogen) atoms. The van der Waals surface area contributed by atoms with Gasteiger partial charge in [-0.15, -0.1) is 0 Å². The van der Waals surface area contributed by atoms with Crippen LogP contribution in [-0.4, -0.2) is 26.3 Å². The van der Waals surface area contributed by atoms with Gasteiger partial charge in [0.25, 0.3) is 0 Å². The fraction of sp³-hybridized carbons (Fsp3) is 0.562. The van der Waals surface area contributed by atoms with Crippen LogP contribution in [0.5, 0.6) is 0 Å². The first-order valence-electron chi connectivity index (χ1n) is 7.99. The molecule has 0 unspecified atom stereocenters. The van der Waals surface area contributed by atoms with Crippen molar-refractivity contribution in [2.45, 2.75) is 52.5 Å². The van der Waals surface area contributed by atoms with Crippen LogP contribution in [0, 0.1) is 0 Å². The van der Waals surface area contributed by atoms with Gasteiger partial charge in [-0.25, -0.2) is 9.97 Å². The predicted octanol–water partition coefficient (Wildman–Crippen LogP) is 3.06. The second-order valence-corrected chi connectivity index (χ2v) is 5.50. The number of fused-ring (bicyclic) bond motifs is 1. The second kappa shape index (κ2) is 6.24. The SMILES string of the molecule is CCCn1nccc1-c1nc2c(c(NCC)n1)CCCC2. The van der Waals surface area contributed by atoms with Crippen LogP contribution in [-0.2, 0) is 19.4 Å². The molecule has 0 amide bonds. The smallest absolute Gasteiger partial charge is 0.180 e. The molecule has 2 aromatic heterocycles. The van der Waals surface area contributed by atoms with Crippen molar-refractivity contribution < 1.29 is 0 Å². The Morgan fingerprint density at radius 3 is 2.86 bits per heavy atom. The number of hydrogen-bond acceptors (Lipinski definition) is 4. The average Bonchev–Trinajstić information content (AvgIpc) is 2.96. The molecule has 0 saturated carbocycles. The number of aromatic nitrogens is 4. The molecule has 1 N–H and O–H groups in total. The fourth-order valence-corrected chi connectivity index (χ4v) is 2.93. The van der Waals surface area contributed by atoms with E-state index in [2.05, 4.69) is 24.3 Å². The second-order valence-electron chi connectivity index (χ2n) is 5.50. The Hall–Kier alpha value is -1.91. The van der Waals surface area contributed by atoms with Gasteiger partial charge in [-0.1, -0.05) is 6.92 Å². The van der Waals surface area contributed by atoms with Gasteiger partial charge in [-0.3, -0.25) is 4.68 Å². The Morgan fingerprint density at radius 2 is 2.05 bits per heavy atom. The summed E-state index contributed by atoms with van der Waals surface area (Å²) in [5.41, 5.74) is 3.55. The summed E-state index contributed by atoms with van der Waals surface area (Å²) in [7, 11) is 0. The first-order valence-corrected chi connectivity index (χ1v) is 7.99. The lowest BCUT2D eigenvalue weighted by Crippen LogP contribution is -2.14. The molecule has 2 heterocycles. The molecule has 1 aliphatic carbocycles. The number of aryl methyl sites for hydroxylation is 2. The van der Waals surface area contributed by atoms with E-state index >= 15 is 0 Å². The first kappa shape index (κ1) is 14.0. The van der Waals surface area contributed by atoms with E-state index in [-0.39, 0.29) is 0 Å². The van der Waals surface area contributed by atoms with E-state index in [0.29, 0.717) is 0 Å². The van der Waals surface area contributed by atoms with Gasteiger partial charge in [0.05, 0.1) is 0 Å². The van der Waals surface area contributed by atoms with Crippen molar-refractivity contribution in [2.24, 2.45) is 0 Å². The van der Waals surface area contributed by atoms with Gasteiger partial charge >= 0.3 is 0 Å². The molecule has 5 heteroatoms. The van der Waals surface area contributed by atoms with Crippen LogP contribution in [0.2, 0.25) is 0 Å². The number of nitrogens with zero attached hydrogens (tertiary/aromatic N) is 4. The summed E-state index contributed by atoms with van der Waals surface area (Å²) in [4.78, 5) is 9.61. The van der Waals surface area contributed by atoms with E-state index in [4.69, 9.17) is 9.97 Å². The topological polar surface area (TPSA) is 55.6 Å². The molecular weight excluding hydrogens is 262 g/mol. The van der Waals surface area contributed by atoms with Crippen molar-refractivity contribution in [2.75, 3.05) is 11.9 Å². The molecule has 5 nitrogen and oxygen atoms in total. The van der Waals surface area contributed by atoms with Crippen LogP contribution in [0.25, 0.3) is 11.5 Å². The van der Waals surface area contributed by atoms with Gasteiger partial charge < -0.3 is 5.32 Å². The normalized spacial score (nSPS) is 14.0. The molecule has 0 radical (unpaired) electrons. The number of nitrogens with one attached hydrogen (secondary N) is 1. The van der Waals surface area contributed by atoms with Gasteiger partial charge in [-0.2, -0.15) is 5.10 Å². The Kier molecular flexibility index (Phi) is 4.18. The van der Waals surface area contributed by atoms with Crippen LogP contribution in [0.3, 0.4) is 0 Å². The van der Waals surface area contributed by atoms with E-state index in [9.17, 15) is 0 Å². The Morgan fingerprint density at radius 1 is 1.19 bits per heavy atom. The van der Waals surface area contributed by atoms with Crippen LogP contribution in [0.1, 0.15) is 44.4 Å². The third-order valence-corrected chi connectivity index (χ3v) is 3.91. The minimum atomic E-state index is 0.803. The van der Waals surface area contributed by atoms with Gasteiger partial charge in [0.15, 0.2) is 5.82 Å². The average molecular weight is 285 g/mol. The molecule has 0 bridgehead atoms. The molecule has 0 spiro atoms. The van der Waals surface area contributed by atoms with Crippen LogP contribution in [0.15, 0.2) is 12.3 Å². The minimum absolute atomic E-state index is 0.803. The third-order valence-electron chi connectivity index (χ3n) is 3.91. The van der Waals surface area contributed by atoms with E-state index in [1.54, 1.807) is 0 Å². The number of rotatable bonds is 5. The van der Waals surface area contributed by atoms with Crippen molar-refractivity contribution in [3.63, 3.8) is 0 Å². The van der Waals surface area contributed by atoms with Crippen molar-refractivity contribution in [1.82, 2.24) is 19.7 Å². The van der Waals surface area contributed by atoms with Crippen LogP contribution < -0.4 is 5.32 Å². The van der Waals surface area contributed by atoms with Gasteiger partial charge in [-0.05, 0) is 45.1 Å². The van der Waals surface area contributed by atoms with Crippen molar-refractivity contribution in [3.8, 4) is 11.5 Å². The summed E-state index contributed by atoms with van der Waals surface area (Å²) in [6, 6.07) is 2.01. The molecule has 2 aromatic rings. The summed E-state index contributed by atoms with van der Waals surface area (Å²) < 4.78 is 2.00. The molecule has 112 valence electrons. The van der Waals surface area contributed by atoms with Crippen molar-refractivity contribution in [1.29, 1.82) is 0 Å². The zero-order valence-electron chi connectivity index (χ0n) is 12.9. The molecule has 0 aromatic carbocycles. The summed E-state index contributed by atoms with van der Waals surface area (Å²) in [5.74, 6) is 1.82. The van der Waals surface area contributed by atoms with Gasteiger partial charge in [0, 0.05) is 30.5 Å². The Bertz CT molecular complexity index is 617. The highest BCUT2D eigenvalue weighted by atomic mass is 15.3. The van der Waals surface area contributed by atoms with E-state index in [1.165, 1.54) is 24.1 Å². The molecule has 0 saturated heterocycles. The third kappa shape index (κ3) is 2.77. The zero-order valence-corrected chi connectivity index (χ0v) is 12.9. The maximum atomic E-state index is 4.83. The minimum Gasteiger partial charge on any atom is -0.370 e. The lowest BCUT2D eigenvalue weighted by molar-refractivity contribution is 0.605. The van der Waals surface area contributed by atoms with E-state index in [1.807, 2.05) is 16.9 Å². The molecule has 1 aliphatic rings. The molecule has 0 atom stereocenters. The number of hydrogen-bond donors (Lipinski definition) is 1. The molecule has 3 rings (SSSR count). The lowest BCUT2D eigenvalue weighted by atomic mass is 9.96. The molecule has 0 fully saturated rings. The monoisotopic (exact) mass is 285 g/mol. The van der Waals surface area contributed by atoms with Crippen molar-refractivity contribution >= 4 is 5.82 Å².